The van der Waals surface area contributed by atoms with Gasteiger partial charge in [-0.3, -0.25) is 14.4 Å². The van der Waals surface area contributed by atoms with Gasteiger partial charge in [-0.05, 0) is 217 Å². The van der Waals surface area contributed by atoms with Gasteiger partial charge in [-0.1, -0.05) is 75.4 Å². The van der Waals surface area contributed by atoms with Gasteiger partial charge in [0.2, 0.25) is 0 Å². The molecule has 12 rings (SSSR count). The van der Waals surface area contributed by atoms with E-state index in [0.29, 0.717) is 35.0 Å². The number of benzene rings is 6. The van der Waals surface area contributed by atoms with Gasteiger partial charge in [0, 0.05) is 18.4 Å². The average molecular weight is 1260 g/mol. The van der Waals surface area contributed by atoms with Crippen LogP contribution in [0.3, 0.4) is 0 Å². The monoisotopic (exact) mass is 1250 g/mol. The van der Waals surface area contributed by atoms with E-state index < -0.39 is 0 Å². The Morgan fingerprint density at radius 1 is 0.422 bits per heavy atom. The molecule has 6 aliphatic rings. The summed E-state index contributed by atoms with van der Waals surface area (Å²) in [6.07, 6.45) is 13.4. The van der Waals surface area contributed by atoms with Gasteiger partial charge in [0.05, 0.1) is 60.4 Å². The van der Waals surface area contributed by atoms with Crippen LogP contribution in [0.15, 0.2) is 109 Å². The predicted molar refractivity (Wildman–Crippen MR) is 343 cm³/mol. The Bertz CT molecular complexity index is 3100. The van der Waals surface area contributed by atoms with Gasteiger partial charge < -0.3 is 58.0 Å². The van der Waals surface area contributed by atoms with Crippen molar-refractivity contribution in [1.82, 2.24) is 0 Å². The lowest BCUT2D eigenvalue weighted by molar-refractivity contribution is -0.146. The second kappa shape index (κ2) is 30.3. The Morgan fingerprint density at radius 2 is 0.678 bits per heavy atom. The Hall–Kier alpha value is -7.79. The van der Waals surface area contributed by atoms with E-state index in [1.54, 1.807) is 39.5 Å². The van der Waals surface area contributed by atoms with Crippen molar-refractivity contribution in [2.75, 3.05) is 48.9 Å². The summed E-state index contributed by atoms with van der Waals surface area (Å²) < 4.78 is 60.0. The van der Waals surface area contributed by atoms with Gasteiger partial charge in [-0.25, -0.2) is 0 Å². The van der Waals surface area contributed by atoms with Gasteiger partial charge in [0.1, 0.15) is 35.6 Å². The number of rotatable bonds is 18. The number of carbonyl (C=O) groups excluding carboxylic acids is 3. The maximum atomic E-state index is 12.2. The van der Waals surface area contributed by atoms with E-state index >= 15 is 0 Å². The van der Waals surface area contributed by atoms with Crippen LogP contribution in [0.4, 0.5) is 3.89 Å². The van der Waals surface area contributed by atoms with E-state index in [-0.39, 0.29) is 101 Å². The molecule has 9 atom stereocenters. The molecule has 90 heavy (non-hydrogen) atoms. The van der Waals surface area contributed by atoms with Crippen molar-refractivity contribution in [2.45, 2.75) is 134 Å². The van der Waals surface area contributed by atoms with Crippen molar-refractivity contribution in [2.24, 2.45) is 35.5 Å². The zero-order valence-electron chi connectivity index (χ0n) is 53.3. The number of aromatic hydroxyl groups is 3. The Kier molecular flexibility index (Phi) is 22.5. The number of aryl methyl sites for hydroxylation is 3. The van der Waals surface area contributed by atoms with Crippen molar-refractivity contribution in [1.29, 1.82) is 0 Å². The molecule has 3 heterocycles. The highest BCUT2D eigenvalue weighted by atomic mass is 32.2. The number of methoxy groups -OCH3 is 6. The molecule has 0 spiro atoms. The molecular formula is C73H87FO15S. The molecule has 3 aliphatic heterocycles. The predicted octanol–water partition coefficient (Wildman–Crippen LogP) is 15.5. The van der Waals surface area contributed by atoms with E-state index in [0.717, 1.165) is 128 Å². The number of esters is 3. The molecule has 0 saturated heterocycles. The summed E-state index contributed by atoms with van der Waals surface area (Å²) in [7, 11) is 8.99. The molecule has 1 unspecified atom stereocenters. The van der Waals surface area contributed by atoms with E-state index in [9.17, 15) is 33.6 Å². The van der Waals surface area contributed by atoms with Crippen molar-refractivity contribution >= 4 is 30.1 Å². The lowest BCUT2D eigenvalue weighted by Crippen LogP contribution is -2.23. The van der Waals surface area contributed by atoms with Crippen molar-refractivity contribution in [3.8, 4) is 51.7 Å². The fourth-order valence-electron chi connectivity index (χ4n) is 13.4. The van der Waals surface area contributed by atoms with Crippen LogP contribution in [0, 0.1) is 35.5 Å². The third-order valence-electron chi connectivity index (χ3n) is 18.7. The zero-order chi connectivity index (χ0) is 64.3. The highest BCUT2D eigenvalue weighted by Crippen LogP contribution is 2.52. The van der Waals surface area contributed by atoms with Crippen LogP contribution in [-0.4, -0.2) is 82.1 Å². The molecular weight excluding hydrogens is 1170 g/mol. The first-order valence-corrected chi connectivity index (χ1v) is 32.5. The minimum atomic E-state index is -0.175. The molecule has 17 heteroatoms. The molecule has 3 N–H and O–H groups in total. The standard InChI is InChI=1S/3C24H28O5.CH3FS/c3*1-14(24(26)28-3)23(16-5-6-16)18-7-4-15-9-11-20(29-21(15)13-18)17-8-10-19(25)22(12-17)27-2;1-3-2/h3*4,7-8,10,12-14,16,20,23,25H,5-6,9,11H2,1-3H3;1H3/t14-,20?,23-;14-,20+,23-;14-,20-,23-;/m000./s1. The molecule has 0 amide bonds. The van der Waals surface area contributed by atoms with E-state index in [2.05, 4.69) is 54.6 Å². The minimum absolute atomic E-state index is 0.0929. The third-order valence-corrected chi connectivity index (χ3v) is 18.7. The van der Waals surface area contributed by atoms with Gasteiger partial charge in [-0.15, -0.1) is 0 Å². The third kappa shape index (κ3) is 15.8. The van der Waals surface area contributed by atoms with Crippen LogP contribution in [0.1, 0.15) is 165 Å². The Morgan fingerprint density at radius 3 is 0.900 bits per heavy atom. The number of phenolic OH excluding ortho intramolecular Hbond substituents is 3. The van der Waals surface area contributed by atoms with E-state index in [1.807, 2.05) is 57.2 Å². The smallest absolute Gasteiger partial charge is 0.309 e. The van der Waals surface area contributed by atoms with Crippen molar-refractivity contribution in [3.63, 3.8) is 0 Å². The molecule has 15 nitrogen and oxygen atoms in total. The number of phenols is 3. The lowest BCUT2D eigenvalue weighted by Gasteiger charge is -2.29. The molecule has 6 aromatic carbocycles. The first-order valence-electron chi connectivity index (χ1n) is 31.3. The highest BCUT2D eigenvalue weighted by molar-refractivity contribution is 7.93. The molecule has 3 aliphatic carbocycles. The van der Waals surface area contributed by atoms with Crippen LogP contribution in [0.2, 0.25) is 0 Å². The normalized spacial score (nSPS) is 19.7. The van der Waals surface area contributed by atoms with Crippen LogP contribution in [0.25, 0.3) is 0 Å². The van der Waals surface area contributed by atoms with Crippen LogP contribution in [-0.2, 0) is 47.9 Å². The number of halogens is 1. The van der Waals surface area contributed by atoms with Crippen LogP contribution >= 0.6 is 12.1 Å². The van der Waals surface area contributed by atoms with Gasteiger partial charge >= 0.3 is 17.9 Å². The molecule has 0 radical (unpaired) electrons. The molecule has 0 aromatic heterocycles. The number of carbonyl (C=O) groups is 3. The van der Waals surface area contributed by atoms with Crippen molar-refractivity contribution < 1.29 is 76.2 Å². The molecule has 0 bridgehead atoms. The quantitative estimate of drug-likeness (QED) is 0.0543. The summed E-state index contributed by atoms with van der Waals surface area (Å²) in [5.74, 6) is 5.44. The maximum absolute atomic E-state index is 12.2. The first-order chi connectivity index (χ1) is 43.4. The fraction of sp³-hybridized carbons (Fsp3) is 0.466. The first kappa shape index (κ1) is 66.6. The SMILES string of the molecule is COC(=O)[C@@H](C)[C@H](c1ccc2c(c1)OC(c1ccc(O)c(OC)c1)CC2)C1CC1.COC(=O)[C@@H](C)[C@H](c1ccc2c(c1)O[C@@H](c1ccc(O)c(OC)c1)CC2)C1CC1.COC(=O)[C@@H](C)[C@H](c1ccc2c(c1)O[C@H](c1ccc(O)c(OC)c1)CC2)C1CC1.CSF. The van der Waals surface area contributed by atoms with Gasteiger partial charge in [-0.2, -0.15) is 3.89 Å². The topological polar surface area (TPSA) is 195 Å². The van der Waals surface area contributed by atoms with Gasteiger partial charge in [0.15, 0.2) is 34.5 Å². The molecule has 3 fully saturated rings. The molecule has 3 saturated carbocycles. The summed E-state index contributed by atoms with van der Waals surface area (Å²) in [6.45, 7) is 5.88. The number of hydrogen-bond donors (Lipinski definition) is 3. The number of hydrogen-bond acceptors (Lipinski definition) is 16. The summed E-state index contributed by atoms with van der Waals surface area (Å²) in [6, 6.07) is 35.3. The lowest BCUT2D eigenvalue weighted by atomic mass is 9.82. The fourth-order valence-corrected chi connectivity index (χ4v) is 13.4. The van der Waals surface area contributed by atoms with E-state index in [4.69, 9.17) is 42.6 Å². The second-order valence-electron chi connectivity index (χ2n) is 24.5. The number of fused-ring (bicyclic) bond motifs is 3. The van der Waals surface area contributed by atoms with E-state index in [1.165, 1.54) is 44.3 Å². The summed E-state index contributed by atoms with van der Waals surface area (Å²) >= 11 is 0.250. The summed E-state index contributed by atoms with van der Waals surface area (Å²) in [5.41, 5.74) is 9.96. The molecule has 6 aromatic rings. The Balaban J connectivity index is 0.000000156. The average Bonchev–Trinajstić information content (AvgIpc) is 1.46. The summed E-state index contributed by atoms with van der Waals surface area (Å²) in [5, 5.41) is 29.6. The Labute approximate surface area is 533 Å². The second-order valence-corrected chi connectivity index (χ2v) is 24.8. The van der Waals surface area contributed by atoms with Gasteiger partial charge in [0.25, 0.3) is 0 Å². The zero-order valence-corrected chi connectivity index (χ0v) is 54.1. The molecule has 482 valence electrons. The van der Waals surface area contributed by atoms with Crippen molar-refractivity contribution in [3.05, 3.63) is 159 Å². The number of ether oxygens (including phenoxy) is 9. The highest BCUT2D eigenvalue weighted by Gasteiger charge is 2.42. The summed E-state index contributed by atoms with van der Waals surface area (Å²) in [4.78, 5) is 36.6. The maximum Gasteiger partial charge on any atom is 0.309 e. The minimum Gasteiger partial charge on any atom is -0.504 e. The van der Waals surface area contributed by atoms with Crippen LogP contribution in [0.5, 0.6) is 51.7 Å². The largest absolute Gasteiger partial charge is 0.504 e. The van der Waals surface area contributed by atoms with Crippen LogP contribution < -0.4 is 28.4 Å².